The fourth-order valence-corrected chi connectivity index (χ4v) is 16.5. The summed E-state index contributed by atoms with van der Waals surface area (Å²) in [6.45, 7) is 8.30. The summed E-state index contributed by atoms with van der Waals surface area (Å²) in [6, 6.07) is 52.3. The van der Waals surface area contributed by atoms with Crippen molar-refractivity contribution in [1.29, 1.82) is 0 Å². The fraction of sp³-hybridized carbons (Fsp3) is 0.345. The Bertz CT molecular complexity index is 2720. The Morgan fingerprint density at radius 2 is 0.803 bits per heavy atom. The minimum absolute atomic E-state index is 0. The van der Waals surface area contributed by atoms with Crippen LogP contribution in [0.3, 0.4) is 0 Å². The van der Waals surface area contributed by atoms with Gasteiger partial charge in [-0.25, -0.2) is 25.3 Å². The monoisotopic (exact) mass is 948 g/mol. The Morgan fingerprint density at radius 3 is 1.27 bits per heavy atom. The third-order valence-corrected chi connectivity index (χ3v) is 19.7. The van der Waals surface area contributed by atoms with Crippen LogP contribution in [0.2, 0.25) is 0 Å². The van der Waals surface area contributed by atoms with Crippen molar-refractivity contribution in [2.45, 2.75) is 91.9 Å². The van der Waals surface area contributed by atoms with Crippen molar-refractivity contribution in [3.05, 3.63) is 197 Å². The van der Waals surface area contributed by atoms with Crippen LogP contribution in [0.15, 0.2) is 178 Å². The van der Waals surface area contributed by atoms with Crippen molar-refractivity contribution in [3.8, 4) is 0 Å². The number of rotatable bonds is 6. The summed E-state index contributed by atoms with van der Waals surface area (Å²) in [5.41, 5.74) is 5.99. The molecule has 0 saturated carbocycles. The fourth-order valence-electron chi connectivity index (χ4n) is 10.3. The van der Waals surface area contributed by atoms with Gasteiger partial charge >= 0.3 is 0 Å². The van der Waals surface area contributed by atoms with E-state index < -0.39 is 35.6 Å². The summed E-state index contributed by atoms with van der Waals surface area (Å²) in [5.74, 6) is 0.965. The molecule has 0 aromatic heterocycles. The van der Waals surface area contributed by atoms with Crippen molar-refractivity contribution >= 4 is 29.5 Å². The number of benzene rings is 6. The molecule has 8 nitrogen and oxygen atoms in total. The smallest absolute Gasteiger partial charge is 0.179 e. The van der Waals surface area contributed by atoms with Crippen molar-refractivity contribution in [2.75, 3.05) is 17.3 Å². The maximum Gasteiger partial charge on any atom is 0.179 e. The zero-order chi connectivity index (χ0) is 46.4. The molecule has 9 rings (SSSR count). The number of aliphatic hydroxyl groups excluding tert-OH is 1. The van der Waals surface area contributed by atoms with Crippen molar-refractivity contribution in [3.63, 3.8) is 0 Å². The molecule has 6 aromatic carbocycles. The van der Waals surface area contributed by atoms with Crippen molar-refractivity contribution in [1.82, 2.24) is 0 Å². The SMILES string of the molecule is CC[C@@H]1CS(=O)(=O)c2ccccc2[C@@H](c2ccccc2)[C@H]1C.CC[C@@H]1CS(=O)(=O)c2ccccc2[C@H](c2ccccc2)[C@H]1O.CC[C@H]1C[C@@H](c2ccccc2)c2ccccc2S(=O)(=O)C1.O. The Labute approximate surface area is 393 Å². The molecule has 0 bridgehead atoms. The summed E-state index contributed by atoms with van der Waals surface area (Å²) in [6.07, 6.45) is 2.62. The normalized spacial score (nSPS) is 25.6. The molecule has 66 heavy (non-hydrogen) atoms. The summed E-state index contributed by atoms with van der Waals surface area (Å²) >= 11 is 0. The van der Waals surface area contributed by atoms with E-state index in [-0.39, 0.29) is 58.2 Å². The Kier molecular flexibility index (Phi) is 16.7. The van der Waals surface area contributed by atoms with Crippen molar-refractivity contribution < 1.29 is 35.8 Å². The molecule has 0 radical (unpaired) electrons. The van der Waals surface area contributed by atoms with E-state index >= 15 is 0 Å². The average molecular weight is 949 g/mol. The molecular formula is C55H64O8S3. The summed E-state index contributed by atoms with van der Waals surface area (Å²) in [5, 5.41) is 10.9. The largest absolute Gasteiger partial charge is 0.412 e. The lowest BCUT2D eigenvalue weighted by Gasteiger charge is -2.28. The van der Waals surface area contributed by atoms with Crippen molar-refractivity contribution in [2.24, 2.45) is 23.7 Å². The minimum atomic E-state index is -3.37. The van der Waals surface area contributed by atoms with E-state index in [0.717, 1.165) is 36.0 Å². The van der Waals surface area contributed by atoms with Crippen LogP contribution in [0.5, 0.6) is 0 Å². The van der Waals surface area contributed by atoms with E-state index in [1.165, 1.54) is 11.1 Å². The molecule has 3 N–H and O–H groups in total. The van der Waals surface area contributed by atoms with E-state index in [2.05, 4.69) is 45.0 Å². The Balaban J connectivity index is 0.000000162. The quantitative estimate of drug-likeness (QED) is 0.174. The molecule has 0 spiro atoms. The number of hydrogen-bond donors (Lipinski definition) is 1. The molecule has 0 fully saturated rings. The molecule has 3 aliphatic rings. The molecule has 11 heteroatoms. The second-order valence-corrected chi connectivity index (χ2v) is 23.9. The molecule has 6 aromatic rings. The third-order valence-electron chi connectivity index (χ3n) is 13.9. The van der Waals surface area contributed by atoms with E-state index in [9.17, 15) is 30.4 Å². The Hall–Kier alpha value is -4.91. The molecule has 0 unspecified atom stereocenters. The Morgan fingerprint density at radius 1 is 0.439 bits per heavy atom. The number of hydrogen-bond acceptors (Lipinski definition) is 7. The van der Waals surface area contributed by atoms with Gasteiger partial charge in [-0.1, -0.05) is 186 Å². The molecule has 8 atom stereocenters. The zero-order valence-electron chi connectivity index (χ0n) is 38.3. The molecule has 0 amide bonds. The van der Waals surface area contributed by atoms with Crippen LogP contribution >= 0.6 is 0 Å². The van der Waals surface area contributed by atoms with Gasteiger partial charge < -0.3 is 10.6 Å². The lowest BCUT2D eigenvalue weighted by molar-refractivity contribution is 0.100. The molecule has 3 heterocycles. The van der Waals surface area contributed by atoms with E-state index in [0.29, 0.717) is 32.6 Å². The average Bonchev–Trinajstić information content (AvgIpc) is 3.55. The lowest BCUT2D eigenvalue weighted by Crippen LogP contribution is -2.29. The third kappa shape index (κ3) is 10.9. The minimum Gasteiger partial charge on any atom is -0.412 e. The van der Waals surface area contributed by atoms with Crippen LogP contribution < -0.4 is 0 Å². The van der Waals surface area contributed by atoms with Crippen LogP contribution in [0.1, 0.15) is 105 Å². The molecule has 0 aliphatic carbocycles. The van der Waals surface area contributed by atoms with Crippen LogP contribution in [-0.2, 0) is 29.5 Å². The maximum absolute atomic E-state index is 12.8. The first-order chi connectivity index (χ1) is 31.2. The van der Waals surface area contributed by atoms with Gasteiger partial charge in [0.05, 0.1) is 38.0 Å². The van der Waals surface area contributed by atoms with Gasteiger partial charge in [0.25, 0.3) is 0 Å². The highest BCUT2D eigenvalue weighted by Crippen LogP contribution is 2.45. The second-order valence-electron chi connectivity index (χ2n) is 17.9. The van der Waals surface area contributed by atoms with Gasteiger partial charge in [-0.05, 0) is 88.1 Å². The van der Waals surface area contributed by atoms with E-state index in [1.54, 1.807) is 24.3 Å². The van der Waals surface area contributed by atoms with Gasteiger partial charge in [-0.2, -0.15) is 0 Å². The summed E-state index contributed by atoms with van der Waals surface area (Å²) in [4.78, 5) is 1.40. The van der Waals surface area contributed by atoms with Crippen LogP contribution in [0.4, 0.5) is 0 Å². The highest BCUT2D eigenvalue weighted by Gasteiger charge is 2.40. The molecule has 350 valence electrons. The first-order valence-electron chi connectivity index (χ1n) is 23.0. The van der Waals surface area contributed by atoms with Crippen LogP contribution in [0.25, 0.3) is 0 Å². The number of aliphatic hydroxyl groups is 1. The van der Waals surface area contributed by atoms with Crippen LogP contribution in [-0.4, -0.2) is 59.2 Å². The van der Waals surface area contributed by atoms with Gasteiger partial charge in [0, 0.05) is 17.8 Å². The predicted molar refractivity (Wildman–Crippen MR) is 265 cm³/mol. The summed E-state index contributed by atoms with van der Waals surface area (Å²) < 4.78 is 76.2. The van der Waals surface area contributed by atoms with E-state index in [4.69, 9.17) is 0 Å². The topological polar surface area (TPSA) is 154 Å². The molecule has 3 aliphatic heterocycles. The highest BCUT2D eigenvalue weighted by molar-refractivity contribution is 7.92. The summed E-state index contributed by atoms with van der Waals surface area (Å²) in [7, 11) is -9.77. The van der Waals surface area contributed by atoms with Gasteiger partial charge in [0.1, 0.15) is 0 Å². The zero-order valence-corrected chi connectivity index (χ0v) is 40.7. The second kappa shape index (κ2) is 21.8. The predicted octanol–water partition coefficient (Wildman–Crippen LogP) is 10.5. The van der Waals surface area contributed by atoms with Gasteiger partial charge in [-0.3, -0.25) is 0 Å². The van der Waals surface area contributed by atoms with Gasteiger partial charge in [0.2, 0.25) is 0 Å². The molecular weight excluding hydrogens is 885 g/mol. The number of fused-ring (bicyclic) bond motifs is 3. The molecule has 0 saturated heterocycles. The highest BCUT2D eigenvalue weighted by atomic mass is 32.2. The lowest BCUT2D eigenvalue weighted by atomic mass is 9.75. The van der Waals surface area contributed by atoms with Gasteiger partial charge in [-0.15, -0.1) is 0 Å². The first kappa shape index (κ1) is 50.5. The van der Waals surface area contributed by atoms with Crippen LogP contribution in [0, 0.1) is 23.7 Å². The van der Waals surface area contributed by atoms with E-state index in [1.807, 2.05) is 122 Å². The standard InChI is InChI=1S/C19H22O2S.C18H20O3S.C18H20O2S.H2O/c1-3-15-13-22(20,21)18-12-8-7-11-17(18)19(14(15)2)16-9-5-4-6-10-16;1-2-13-12-22(20,21)16-11-7-6-10-15(16)17(18(13)19)14-8-4-3-5-9-14;1-2-14-12-17(15-8-4-3-5-9-15)16-10-6-7-11-18(16)21(19,20)13-14;/h4-12,14-15,19H,3,13H2,1-2H3;3-11,13,17-19H,2,12H2,1H3;3-11,14,17H,2,12-13H2,1H3;1H2/t14-,15+,19+;13-,17+,18+;14-,17-;/m010./s1. The number of sulfone groups is 3. The van der Waals surface area contributed by atoms with Gasteiger partial charge in [0.15, 0.2) is 29.5 Å². The maximum atomic E-state index is 12.8. The first-order valence-corrected chi connectivity index (χ1v) is 27.9.